The van der Waals surface area contributed by atoms with Crippen molar-refractivity contribution in [2.45, 2.75) is 32.4 Å². The van der Waals surface area contributed by atoms with Crippen LogP contribution >= 0.6 is 0 Å². The van der Waals surface area contributed by atoms with E-state index in [2.05, 4.69) is 20.5 Å². The van der Waals surface area contributed by atoms with Crippen LogP contribution in [0.4, 0.5) is 0 Å². The molecule has 3 aromatic rings. The zero-order valence-electron chi connectivity index (χ0n) is 14.9. The first-order chi connectivity index (χ1) is 13.2. The van der Waals surface area contributed by atoms with Crippen LogP contribution in [0.2, 0.25) is 0 Å². The number of amides is 1. The summed E-state index contributed by atoms with van der Waals surface area (Å²) in [7, 11) is 1.59. The van der Waals surface area contributed by atoms with Gasteiger partial charge in [-0.2, -0.15) is 5.10 Å². The van der Waals surface area contributed by atoms with Gasteiger partial charge in [0, 0.05) is 11.8 Å². The summed E-state index contributed by atoms with van der Waals surface area (Å²) in [5.41, 5.74) is 3.51. The topological polar surface area (TPSA) is 102 Å². The van der Waals surface area contributed by atoms with Gasteiger partial charge in [-0.15, -0.1) is 0 Å². The number of aromatic nitrogens is 3. The Kier molecular flexibility index (Phi) is 4.78. The highest BCUT2D eigenvalue weighted by molar-refractivity contribution is 5.91. The number of carbonyl (C=O) groups excluding carboxylic acids is 1. The summed E-state index contributed by atoms with van der Waals surface area (Å²) in [5.74, 6) is 1.35. The molecule has 0 spiro atoms. The second-order valence-corrected chi connectivity index (χ2v) is 6.26. The summed E-state index contributed by atoms with van der Waals surface area (Å²) < 4.78 is 16.1. The highest BCUT2D eigenvalue weighted by Gasteiger charge is 2.19. The summed E-state index contributed by atoms with van der Waals surface area (Å²) in [5, 5.41) is 10.1. The third-order valence-electron chi connectivity index (χ3n) is 4.50. The van der Waals surface area contributed by atoms with Crippen molar-refractivity contribution in [3.8, 4) is 11.5 Å². The third-order valence-corrected chi connectivity index (χ3v) is 4.50. The lowest BCUT2D eigenvalue weighted by Crippen LogP contribution is -2.24. The van der Waals surface area contributed by atoms with E-state index in [1.54, 1.807) is 19.2 Å². The molecule has 0 radical (unpaired) electrons. The number of ether oxygens (including phenoxy) is 2. The first-order valence-electron chi connectivity index (χ1n) is 8.77. The molecule has 2 N–H and O–H groups in total. The zero-order chi connectivity index (χ0) is 18.6. The number of rotatable bonds is 7. The highest BCUT2D eigenvalue weighted by Crippen LogP contribution is 2.22. The van der Waals surface area contributed by atoms with Crippen molar-refractivity contribution in [1.82, 2.24) is 20.5 Å². The lowest BCUT2D eigenvalue weighted by molar-refractivity contribution is 0.0945. The molecule has 140 valence electrons. The van der Waals surface area contributed by atoms with Gasteiger partial charge in [0.25, 0.3) is 5.91 Å². The van der Waals surface area contributed by atoms with E-state index in [1.807, 2.05) is 12.1 Å². The maximum Gasteiger partial charge on any atom is 0.273 e. The summed E-state index contributed by atoms with van der Waals surface area (Å²) in [6.45, 7) is 0.487. The van der Waals surface area contributed by atoms with Crippen LogP contribution < -0.4 is 14.8 Å². The van der Waals surface area contributed by atoms with E-state index in [0.717, 1.165) is 25.0 Å². The molecule has 0 unspecified atom stereocenters. The van der Waals surface area contributed by atoms with Crippen LogP contribution in [0.25, 0.3) is 0 Å². The minimum Gasteiger partial charge on any atom is -0.497 e. The largest absolute Gasteiger partial charge is 0.497 e. The Labute approximate surface area is 155 Å². The minimum atomic E-state index is -0.305. The molecule has 0 saturated carbocycles. The van der Waals surface area contributed by atoms with Crippen LogP contribution in [0.3, 0.4) is 0 Å². The fourth-order valence-corrected chi connectivity index (χ4v) is 3.11. The number of aryl methyl sites for hydroxylation is 1. The molecule has 0 atom stereocenters. The molecule has 0 saturated heterocycles. The molecule has 0 aliphatic heterocycles. The monoisotopic (exact) mass is 368 g/mol. The van der Waals surface area contributed by atoms with Crippen LogP contribution in [-0.4, -0.2) is 28.2 Å². The predicted octanol–water partition coefficient (Wildman–Crippen LogP) is 2.40. The number of methoxy groups -OCH3 is 1. The number of hydrogen-bond acceptors (Lipinski definition) is 6. The Balaban J connectivity index is 1.32. The van der Waals surface area contributed by atoms with E-state index in [0.29, 0.717) is 23.9 Å². The van der Waals surface area contributed by atoms with Gasteiger partial charge >= 0.3 is 0 Å². The van der Waals surface area contributed by atoms with Crippen LogP contribution in [0.1, 0.15) is 39.8 Å². The molecule has 8 heteroatoms. The van der Waals surface area contributed by atoms with Gasteiger partial charge in [0.2, 0.25) is 5.89 Å². The van der Waals surface area contributed by atoms with Gasteiger partial charge in [-0.05, 0) is 37.0 Å². The van der Waals surface area contributed by atoms with E-state index in [1.165, 1.54) is 17.5 Å². The van der Waals surface area contributed by atoms with E-state index in [-0.39, 0.29) is 18.2 Å². The Hall–Kier alpha value is -3.29. The van der Waals surface area contributed by atoms with Gasteiger partial charge in [0.15, 0.2) is 12.3 Å². The van der Waals surface area contributed by atoms with Gasteiger partial charge in [-0.3, -0.25) is 9.89 Å². The van der Waals surface area contributed by atoms with Gasteiger partial charge < -0.3 is 19.2 Å². The average Bonchev–Trinajstić information content (AvgIpc) is 3.42. The SMILES string of the molecule is COc1cccc(OCc2nc(C(=O)NCc3n[nH]c4c3CCC4)co2)c1. The van der Waals surface area contributed by atoms with Crippen molar-refractivity contribution in [2.75, 3.05) is 7.11 Å². The molecule has 1 aliphatic rings. The number of nitrogens with one attached hydrogen (secondary N) is 2. The summed E-state index contributed by atoms with van der Waals surface area (Å²) >= 11 is 0. The van der Waals surface area contributed by atoms with Crippen LogP contribution in [0.5, 0.6) is 11.5 Å². The molecule has 2 heterocycles. The van der Waals surface area contributed by atoms with Gasteiger partial charge in [-0.1, -0.05) is 6.07 Å². The fourth-order valence-electron chi connectivity index (χ4n) is 3.11. The van der Waals surface area contributed by atoms with Crippen LogP contribution in [0.15, 0.2) is 34.9 Å². The Bertz CT molecular complexity index is 947. The van der Waals surface area contributed by atoms with E-state index in [9.17, 15) is 4.79 Å². The molecule has 1 amide bonds. The molecule has 1 aliphatic carbocycles. The molecule has 2 aromatic heterocycles. The molecule has 0 fully saturated rings. The van der Waals surface area contributed by atoms with Gasteiger partial charge in [0.05, 0.1) is 19.3 Å². The van der Waals surface area contributed by atoms with Crippen molar-refractivity contribution < 1.29 is 18.7 Å². The average molecular weight is 368 g/mol. The number of hydrogen-bond donors (Lipinski definition) is 2. The Morgan fingerprint density at radius 1 is 1.33 bits per heavy atom. The van der Waals surface area contributed by atoms with E-state index < -0.39 is 0 Å². The van der Waals surface area contributed by atoms with Crippen molar-refractivity contribution in [3.63, 3.8) is 0 Å². The number of carbonyl (C=O) groups is 1. The van der Waals surface area contributed by atoms with Crippen molar-refractivity contribution in [2.24, 2.45) is 0 Å². The van der Waals surface area contributed by atoms with Gasteiger partial charge in [-0.25, -0.2) is 4.98 Å². The number of oxazole rings is 1. The minimum absolute atomic E-state index is 0.118. The maximum absolute atomic E-state index is 12.3. The molecule has 4 rings (SSSR count). The van der Waals surface area contributed by atoms with Gasteiger partial charge in [0.1, 0.15) is 17.8 Å². The maximum atomic E-state index is 12.3. The lowest BCUT2D eigenvalue weighted by atomic mass is 10.2. The summed E-state index contributed by atoms with van der Waals surface area (Å²) in [6.07, 6.45) is 4.49. The lowest BCUT2D eigenvalue weighted by Gasteiger charge is -2.05. The third kappa shape index (κ3) is 3.79. The molecule has 0 bridgehead atoms. The predicted molar refractivity (Wildman–Crippen MR) is 95.6 cm³/mol. The molecule has 8 nitrogen and oxygen atoms in total. The number of nitrogens with zero attached hydrogens (tertiary/aromatic N) is 2. The standard InChI is InChI=1S/C19H20N4O4/c1-25-12-4-2-5-13(8-12)26-11-18-21-17(10-27-18)19(24)20-9-16-14-6-3-7-15(14)22-23-16/h2,4-5,8,10H,3,6-7,9,11H2,1H3,(H,20,24)(H,22,23). The number of H-pyrrole nitrogens is 1. The second kappa shape index (κ2) is 7.53. The number of aromatic amines is 1. The molecular formula is C19H20N4O4. The fraction of sp³-hybridized carbons (Fsp3) is 0.316. The highest BCUT2D eigenvalue weighted by atomic mass is 16.5. The number of benzene rings is 1. The normalized spacial score (nSPS) is 12.6. The summed E-state index contributed by atoms with van der Waals surface area (Å²) in [6, 6.07) is 7.23. The van der Waals surface area contributed by atoms with Crippen LogP contribution in [-0.2, 0) is 26.0 Å². The smallest absolute Gasteiger partial charge is 0.273 e. The van der Waals surface area contributed by atoms with Crippen molar-refractivity contribution in [1.29, 1.82) is 0 Å². The Morgan fingerprint density at radius 3 is 3.11 bits per heavy atom. The van der Waals surface area contributed by atoms with Crippen molar-refractivity contribution in [3.05, 3.63) is 59.1 Å². The molecule has 1 aromatic carbocycles. The Morgan fingerprint density at radius 2 is 2.22 bits per heavy atom. The number of fused-ring (bicyclic) bond motifs is 1. The van der Waals surface area contributed by atoms with Crippen LogP contribution in [0, 0.1) is 0 Å². The second-order valence-electron chi connectivity index (χ2n) is 6.26. The quantitative estimate of drug-likeness (QED) is 0.664. The first kappa shape index (κ1) is 17.1. The van der Waals surface area contributed by atoms with E-state index in [4.69, 9.17) is 13.9 Å². The molecular weight excluding hydrogens is 348 g/mol. The molecule has 27 heavy (non-hydrogen) atoms. The summed E-state index contributed by atoms with van der Waals surface area (Å²) in [4.78, 5) is 16.5. The van der Waals surface area contributed by atoms with Crippen molar-refractivity contribution >= 4 is 5.91 Å². The zero-order valence-corrected chi connectivity index (χ0v) is 14.9. The van der Waals surface area contributed by atoms with E-state index >= 15 is 0 Å². The first-order valence-corrected chi connectivity index (χ1v) is 8.77.